The van der Waals surface area contributed by atoms with Gasteiger partial charge in [0.15, 0.2) is 0 Å². The first kappa shape index (κ1) is 27.2. The summed E-state index contributed by atoms with van der Waals surface area (Å²) in [5.74, 6) is 0.624. The predicted molar refractivity (Wildman–Crippen MR) is 124 cm³/mol. The third-order valence-electron chi connectivity index (χ3n) is 4.19. The van der Waals surface area contributed by atoms with Gasteiger partial charge in [-0.25, -0.2) is 33.7 Å². The Hall–Kier alpha value is -2.04. The highest BCUT2D eigenvalue weighted by atomic mass is 32.3. The molecule has 0 fully saturated rings. The van der Waals surface area contributed by atoms with Crippen molar-refractivity contribution in [2.45, 2.75) is 6.04 Å². The molecule has 33 heavy (non-hydrogen) atoms. The van der Waals surface area contributed by atoms with Gasteiger partial charge in [-0.2, -0.15) is 0 Å². The summed E-state index contributed by atoms with van der Waals surface area (Å²) < 4.78 is 104. The summed E-state index contributed by atoms with van der Waals surface area (Å²) in [5.41, 5.74) is -0.00317. The Balaban J connectivity index is 2.71. The van der Waals surface area contributed by atoms with Crippen molar-refractivity contribution in [3.05, 3.63) is 60.2 Å². The van der Waals surface area contributed by atoms with E-state index in [1.54, 1.807) is 30.3 Å². The number of benzene rings is 2. The van der Waals surface area contributed by atoms with Crippen LogP contribution >= 0.6 is 0 Å². The molecule has 0 amide bonds. The first-order valence-electron chi connectivity index (χ1n) is 9.11. The van der Waals surface area contributed by atoms with Crippen LogP contribution in [0.5, 0.6) is 11.5 Å². The molecule has 0 radical (unpaired) electrons. The molecular formula is C18H24N2O9S4. The molecule has 0 N–H and O–H groups in total. The largest absolute Gasteiger partial charge is 0.457 e. The molecule has 0 saturated carbocycles. The van der Waals surface area contributed by atoms with E-state index >= 15 is 0 Å². The van der Waals surface area contributed by atoms with Crippen LogP contribution in [-0.2, 0) is 40.1 Å². The van der Waals surface area contributed by atoms with Crippen LogP contribution in [-0.4, -0.2) is 72.7 Å². The number of rotatable bonds is 10. The first-order valence-corrected chi connectivity index (χ1v) is 16.5. The Morgan fingerprint density at radius 3 is 1.61 bits per heavy atom. The van der Waals surface area contributed by atoms with E-state index in [1.807, 2.05) is 0 Å². The Kier molecular flexibility index (Phi) is 7.98. The first-order chi connectivity index (χ1) is 14.9. The summed E-state index contributed by atoms with van der Waals surface area (Å²) in [6.07, 6.45) is 2.48. The molecule has 0 bridgehead atoms. The molecule has 0 heterocycles. The van der Waals surface area contributed by atoms with Crippen molar-refractivity contribution in [3.8, 4) is 11.5 Å². The molecule has 2 aromatic rings. The summed E-state index contributed by atoms with van der Waals surface area (Å²) in [5, 5.41) is 0. The lowest BCUT2D eigenvalue weighted by atomic mass is 10.1. The molecule has 2 rings (SSSR count). The molecule has 1 atom stereocenters. The summed E-state index contributed by atoms with van der Waals surface area (Å²) in [6, 6.07) is 12.4. The van der Waals surface area contributed by atoms with E-state index < -0.39 is 52.7 Å². The summed E-state index contributed by atoms with van der Waals surface area (Å²) >= 11 is 0. The van der Waals surface area contributed by atoms with Crippen LogP contribution in [0.25, 0.3) is 0 Å². The molecular weight excluding hydrogens is 516 g/mol. The normalized spacial score (nSPS) is 14.4. The van der Waals surface area contributed by atoms with Crippen molar-refractivity contribution >= 4 is 40.1 Å². The fourth-order valence-corrected chi connectivity index (χ4v) is 9.13. The minimum absolute atomic E-state index is 0.00317. The van der Waals surface area contributed by atoms with Crippen molar-refractivity contribution in [2.24, 2.45) is 0 Å². The van der Waals surface area contributed by atoms with Crippen LogP contribution in [0.15, 0.2) is 54.6 Å². The van der Waals surface area contributed by atoms with Gasteiger partial charge >= 0.3 is 0 Å². The van der Waals surface area contributed by atoms with Gasteiger partial charge in [0.05, 0.1) is 37.6 Å². The van der Waals surface area contributed by atoms with Gasteiger partial charge in [-0.1, -0.05) is 37.8 Å². The number of hydrogen-bond acceptors (Lipinski definition) is 9. The molecule has 11 nitrogen and oxygen atoms in total. The molecule has 0 unspecified atom stereocenters. The molecule has 0 saturated heterocycles. The van der Waals surface area contributed by atoms with Crippen LogP contribution in [0.4, 0.5) is 0 Å². The van der Waals surface area contributed by atoms with E-state index in [-0.39, 0.29) is 18.7 Å². The van der Waals surface area contributed by atoms with Gasteiger partial charge < -0.3 is 4.74 Å². The predicted octanol–water partition coefficient (Wildman–Crippen LogP) is 0.962. The Morgan fingerprint density at radius 2 is 1.15 bits per heavy atom. The molecule has 0 aliphatic rings. The molecule has 0 aromatic heterocycles. The zero-order chi connectivity index (χ0) is 25.2. The summed E-state index contributed by atoms with van der Waals surface area (Å²) in [7, 11) is -17.8. The van der Waals surface area contributed by atoms with Gasteiger partial charge in [0.1, 0.15) is 11.5 Å². The lowest BCUT2D eigenvalue weighted by molar-refractivity contribution is 0.387. The standard InChI is InChI=1S/C18H24N2O9S4/c1-30(21,22)19(31(2,23)24)14-18(20(32(3,25)26)33(4,27)28)15-9-8-12-17(13-15)29-16-10-6-5-7-11-16/h5-13,18H,14H2,1-4H3/t18-/m1/s1. The van der Waals surface area contributed by atoms with Crippen LogP contribution in [0.2, 0.25) is 0 Å². The van der Waals surface area contributed by atoms with Crippen molar-refractivity contribution in [1.82, 2.24) is 7.42 Å². The third-order valence-corrected chi connectivity index (χ3v) is 11.0. The average Bonchev–Trinajstić information content (AvgIpc) is 2.61. The Morgan fingerprint density at radius 1 is 0.667 bits per heavy atom. The molecule has 0 aliphatic carbocycles. The second-order valence-corrected chi connectivity index (χ2v) is 15.2. The second kappa shape index (κ2) is 9.68. The maximum absolute atomic E-state index is 12.4. The lowest BCUT2D eigenvalue weighted by Gasteiger charge is -2.31. The third kappa shape index (κ3) is 7.48. The lowest BCUT2D eigenvalue weighted by Crippen LogP contribution is -2.46. The minimum Gasteiger partial charge on any atom is -0.457 e. The number of nitrogens with zero attached hydrogens (tertiary/aromatic N) is 2. The Bertz CT molecular complexity index is 1360. The van der Waals surface area contributed by atoms with Gasteiger partial charge in [0.25, 0.3) is 0 Å². The summed E-state index contributed by atoms with van der Waals surface area (Å²) in [4.78, 5) is 0. The highest BCUT2D eigenvalue weighted by Gasteiger charge is 2.41. The molecule has 15 heteroatoms. The smallest absolute Gasteiger partial charge is 0.224 e. The van der Waals surface area contributed by atoms with E-state index in [2.05, 4.69) is 0 Å². The topological polar surface area (TPSA) is 152 Å². The van der Waals surface area contributed by atoms with Crippen LogP contribution < -0.4 is 4.74 Å². The van der Waals surface area contributed by atoms with Gasteiger partial charge in [-0.05, 0) is 29.8 Å². The molecule has 0 aliphatic heterocycles. The van der Waals surface area contributed by atoms with E-state index in [9.17, 15) is 33.7 Å². The number of hydrogen-bond donors (Lipinski definition) is 0. The zero-order valence-corrected chi connectivity index (χ0v) is 21.4. The maximum Gasteiger partial charge on any atom is 0.224 e. The monoisotopic (exact) mass is 540 g/mol. The zero-order valence-electron chi connectivity index (χ0n) is 18.2. The highest BCUT2D eigenvalue weighted by Crippen LogP contribution is 2.32. The number of para-hydroxylation sites is 1. The van der Waals surface area contributed by atoms with Crippen molar-refractivity contribution in [2.75, 3.05) is 31.6 Å². The van der Waals surface area contributed by atoms with E-state index in [0.717, 1.165) is 0 Å². The van der Waals surface area contributed by atoms with Crippen LogP contribution in [0, 0.1) is 0 Å². The minimum atomic E-state index is -4.49. The highest BCUT2D eigenvalue weighted by molar-refractivity contribution is 8.04. The van der Waals surface area contributed by atoms with Crippen molar-refractivity contribution < 1.29 is 38.4 Å². The van der Waals surface area contributed by atoms with E-state index in [4.69, 9.17) is 4.74 Å². The number of ether oxygens (including phenoxy) is 1. The van der Waals surface area contributed by atoms with Gasteiger partial charge in [0.2, 0.25) is 40.1 Å². The van der Waals surface area contributed by atoms with Gasteiger partial charge in [0, 0.05) is 0 Å². The average molecular weight is 541 g/mol. The fourth-order valence-electron chi connectivity index (χ4n) is 3.07. The summed E-state index contributed by atoms with van der Waals surface area (Å²) in [6.45, 7) is -1.01. The fraction of sp³-hybridized carbons (Fsp3) is 0.333. The van der Waals surface area contributed by atoms with Gasteiger partial charge in [-0.3, -0.25) is 0 Å². The van der Waals surface area contributed by atoms with E-state index in [0.29, 0.717) is 30.8 Å². The quantitative estimate of drug-likeness (QED) is 0.429. The SMILES string of the molecule is CS(=O)(=O)N(C[C@H](c1cccc(Oc2ccccc2)c1)N(S(C)(=O)=O)S(C)(=O)=O)S(C)(=O)=O. The van der Waals surface area contributed by atoms with E-state index in [1.165, 1.54) is 24.3 Å². The Labute approximate surface area is 194 Å². The maximum atomic E-state index is 12.4. The van der Waals surface area contributed by atoms with Crippen LogP contribution in [0.3, 0.4) is 0 Å². The second-order valence-electron chi connectivity index (χ2n) is 7.24. The van der Waals surface area contributed by atoms with Crippen LogP contribution in [0.1, 0.15) is 11.6 Å². The molecule has 2 aromatic carbocycles. The van der Waals surface area contributed by atoms with Gasteiger partial charge in [-0.15, -0.1) is 0 Å². The molecule has 0 spiro atoms. The van der Waals surface area contributed by atoms with Crippen molar-refractivity contribution in [3.63, 3.8) is 0 Å². The number of sulfonamides is 4. The molecule has 184 valence electrons. The van der Waals surface area contributed by atoms with Crippen molar-refractivity contribution in [1.29, 1.82) is 0 Å².